The lowest BCUT2D eigenvalue weighted by atomic mass is 9.79. The zero-order valence-electron chi connectivity index (χ0n) is 26.2. The van der Waals surface area contributed by atoms with Crippen LogP contribution in [0.1, 0.15) is 87.9 Å². The molecule has 3 aliphatic rings. The molecule has 0 aromatic heterocycles. The smallest absolute Gasteiger partial charge is 0.490 e. The Morgan fingerprint density at radius 3 is 2.07 bits per heavy atom. The van der Waals surface area contributed by atoms with Crippen molar-refractivity contribution in [1.82, 2.24) is 4.90 Å². The number of hydrogen-bond acceptors (Lipinski definition) is 7. The molecule has 0 unspecified atom stereocenters. The average molecular weight is 593 g/mol. The number of aromatic carboxylic acids is 2. The largest absolute Gasteiger partial charge is 0.494 e. The molecule has 2 aromatic rings. The van der Waals surface area contributed by atoms with E-state index in [0.29, 0.717) is 23.8 Å². The van der Waals surface area contributed by atoms with Crippen LogP contribution < -0.4 is 15.1 Å². The Labute approximate surface area is 255 Å². The van der Waals surface area contributed by atoms with Crippen molar-refractivity contribution >= 4 is 30.2 Å². The average Bonchev–Trinajstić information content (AvgIpc) is 3.15. The van der Waals surface area contributed by atoms with Crippen molar-refractivity contribution in [2.75, 3.05) is 24.5 Å². The number of rotatable bonds is 10. The predicted molar refractivity (Wildman–Crippen MR) is 167 cm³/mol. The number of hydrogen-bond donors (Lipinski definition) is 2. The van der Waals surface area contributed by atoms with E-state index in [2.05, 4.69) is 75.6 Å². The number of carboxylic acids is 2. The number of anilines is 1. The second-order valence-electron chi connectivity index (χ2n) is 13.6. The Morgan fingerprint density at radius 2 is 1.53 bits per heavy atom. The molecule has 2 aromatic carbocycles. The first-order valence-corrected chi connectivity index (χ1v) is 15.5. The molecule has 9 nitrogen and oxygen atoms in total. The van der Waals surface area contributed by atoms with Crippen LogP contribution in [0.4, 0.5) is 5.69 Å². The molecule has 2 aliphatic heterocycles. The van der Waals surface area contributed by atoms with Crippen LogP contribution in [-0.2, 0) is 9.31 Å². The lowest BCUT2D eigenvalue weighted by molar-refractivity contribution is -0.00663. The van der Waals surface area contributed by atoms with E-state index in [1.807, 2.05) is 0 Å². The van der Waals surface area contributed by atoms with Crippen molar-refractivity contribution in [2.45, 2.75) is 96.6 Å². The van der Waals surface area contributed by atoms with Gasteiger partial charge in [-0.2, -0.15) is 0 Å². The summed E-state index contributed by atoms with van der Waals surface area (Å²) in [5.41, 5.74) is 1.10. The zero-order chi connectivity index (χ0) is 31.1. The van der Waals surface area contributed by atoms with Gasteiger partial charge in [0.1, 0.15) is 11.9 Å². The van der Waals surface area contributed by atoms with Gasteiger partial charge in [-0.05, 0) is 96.1 Å². The molecule has 43 heavy (non-hydrogen) atoms. The van der Waals surface area contributed by atoms with Crippen LogP contribution in [0.5, 0.6) is 5.75 Å². The van der Waals surface area contributed by atoms with Crippen molar-refractivity contribution in [1.29, 1.82) is 0 Å². The van der Waals surface area contributed by atoms with Crippen molar-refractivity contribution in [2.24, 2.45) is 5.92 Å². The van der Waals surface area contributed by atoms with Gasteiger partial charge in [0.25, 0.3) is 0 Å². The van der Waals surface area contributed by atoms with Gasteiger partial charge in [0.15, 0.2) is 0 Å². The van der Waals surface area contributed by atoms with Gasteiger partial charge in [0, 0.05) is 50.2 Å². The number of benzene rings is 2. The van der Waals surface area contributed by atoms with Gasteiger partial charge in [0.05, 0.1) is 22.3 Å². The van der Waals surface area contributed by atoms with E-state index in [1.54, 1.807) is 6.07 Å². The summed E-state index contributed by atoms with van der Waals surface area (Å²) in [6, 6.07) is 13.6. The van der Waals surface area contributed by atoms with E-state index in [1.165, 1.54) is 17.8 Å². The zero-order valence-corrected chi connectivity index (χ0v) is 26.2. The van der Waals surface area contributed by atoms with Crippen LogP contribution in [0.3, 0.4) is 0 Å². The minimum Gasteiger partial charge on any atom is -0.490 e. The van der Waals surface area contributed by atoms with Gasteiger partial charge >= 0.3 is 19.1 Å². The predicted octanol–water partition coefficient (Wildman–Crippen LogP) is 4.92. The highest BCUT2D eigenvalue weighted by Gasteiger charge is 2.51. The molecule has 3 fully saturated rings. The summed E-state index contributed by atoms with van der Waals surface area (Å²) in [6.07, 6.45) is 4.02. The Balaban J connectivity index is 1.10. The first kappa shape index (κ1) is 31.4. The SMILES string of the molecule is CC(C)N(CC1CCN(c2ccc(B3OC(C)(C)C(C)(C)O3)cc2)CC1)C1CC(Oc2ccc(C(=O)O)c(C(=O)O)c2)C1. The second-order valence-corrected chi connectivity index (χ2v) is 13.6. The molecular formula is C33H45BN2O7. The van der Waals surface area contributed by atoms with Crippen molar-refractivity contribution in [3.63, 3.8) is 0 Å². The molecule has 0 amide bonds. The molecule has 232 valence electrons. The summed E-state index contributed by atoms with van der Waals surface area (Å²) in [5.74, 6) is -1.51. The first-order chi connectivity index (χ1) is 20.2. The van der Waals surface area contributed by atoms with Crippen molar-refractivity contribution < 1.29 is 33.8 Å². The Hall–Kier alpha value is -3.08. The summed E-state index contributed by atoms with van der Waals surface area (Å²) in [4.78, 5) is 27.9. The monoisotopic (exact) mass is 592 g/mol. The van der Waals surface area contributed by atoms with E-state index < -0.39 is 11.9 Å². The highest BCUT2D eigenvalue weighted by molar-refractivity contribution is 6.62. The van der Waals surface area contributed by atoms with Crippen LogP contribution in [0.15, 0.2) is 42.5 Å². The molecular weight excluding hydrogens is 547 g/mol. The minimum atomic E-state index is -1.27. The number of nitrogens with zero attached hydrogens (tertiary/aromatic N) is 2. The summed E-state index contributed by atoms with van der Waals surface area (Å²) < 4.78 is 18.5. The number of ether oxygens (including phenoxy) is 1. The number of carbonyl (C=O) groups is 2. The molecule has 2 heterocycles. The third kappa shape index (κ3) is 6.71. The summed E-state index contributed by atoms with van der Waals surface area (Å²) in [6.45, 7) is 15.9. The maximum absolute atomic E-state index is 11.5. The Kier molecular flexibility index (Phi) is 8.85. The van der Waals surface area contributed by atoms with E-state index >= 15 is 0 Å². The number of carboxylic acid groups (broad SMARTS) is 2. The molecule has 0 bridgehead atoms. The maximum atomic E-state index is 11.5. The van der Waals surface area contributed by atoms with E-state index in [-0.39, 0.29) is 35.6 Å². The Morgan fingerprint density at radius 1 is 0.953 bits per heavy atom. The number of piperidine rings is 1. The summed E-state index contributed by atoms with van der Waals surface area (Å²) in [7, 11) is -0.344. The molecule has 0 spiro atoms. The molecule has 2 N–H and O–H groups in total. The Bertz CT molecular complexity index is 1300. The molecule has 1 aliphatic carbocycles. The van der Waals surface area contributed by atoms with E-state index in [0.717, 1.165) is 50.8 Å². The molecule has 2 saturated heterocycles. The van der Waals surface area contributed by atoms with Crippen LogP contribution >= 0.6 is 0 Å². The highest BCUT2D eigenvalue weighted by Crippen LogP contribution is 2.37. The lowest BCUT2D eigenvalue weighted by Gasteiger charge is -2.46. The molecule has 0 radical (unpaired) electrons. The van der Waals surface area contributed by atoms with Gasteiger partial charge in [0.2, 0.25) is 0 Å². The van der Waals surface area contributed by atoms with E-state index in [9.17, 15) is 19.8 Å². The minimum absolute atomic E-state index is 0.00873. The first-order valence-electron chi connectivity index (χ1n) is 15.5. The molecule has 1 saturated carbocycles. The fraction of sp³-hybridized carbons (Fsp3) is 0.576. The normalized spacial score (nSPS) is 23.4. The quantitative estimate of drug-likeness (QED) is 0.372. The second kappa shape index (κ2) is 12.1. The van der Waals surface area contributed by atoms with Gasteiger partial charge in [-0.25, -0.2) is 9.59 Å². The topological polar surface area (TPSA) is 109 Å². The molecule has 0 atom stereocenters. The standard InChI is InChI=1S/C33H45BN2O7/c1-21(2)36(25-17-27(18-25)41-26-11-12-28(30(37)38)29(19-26)31(39)40)20-22-13-15-35(16-14-22)24-9-7-23(8-10-24)34-42-32(3,4)33(5,6)43-34/h7-12,19,21-22,25,27H,13-18,20H2,1-6H3,(H,37,38)(H,39,40). The van der Waals surface area contributed by atoms with Crippen molar-refractivity contribution in [3.05, 3.63) is 53.6 Å². The van der Waals surface area contributed by atoms with Crippen LogP contribution in [-0.4, -0.2) is 83.2 Å². The summed E-state index contributed by atoms with van der Waals surface area (Å²) >= 11 is 0. The third-order valence-corrected chi connectivity index (χ3v) is 9.82. The fourth-order valence-corrected chi connectivity index (χ4v) is 6.33. The lowest BCUT2D eigenvalue weighted by Crippen LogP contribution is -2.53. The van der Waals surface area contributed by atoms with Gasteiger partial charge in [-0.3, -0.25) is 4.90 Å². The van der Waals surface area contributed by atoms with Crippen molar-refractivity contribution in [3.8, 4) is 5.75 Å². The highest BCUT2D eigenvalue weighted by atomic mass is 16.7. The van der Waals surface area contributed by atoms with Gasteiger partial charge in [-0.1, -0.05) is 12.1 Å². The summed E-state index contributed by atoms with van der Waals surface area (Å²) in [5, 5.41) is 18.7. The third-order valence-electron chi connectivity index (χ3n) is 9.82. The molecule has 5 rings (SSSR count). The molecule has 10 heteroatoms. The van der Waals surface area contributed by atoms with Crippen LogP contribution in [0.2, 0.25) is 0 Å². The van der Waals surface area contributed by atoms with E-state index in [4.69, 9.17) is 14.0 Å². The van der Waals surface area contributed by atoms with Crippen LogP contribution in [0.25, 0.3) is 0 Å². The fourth-order valence-electron chi connectivity index (χ4n) is 6.33. The van der Waals surface area contributed by atoms with Crippen LogP contribution in [0, 0.1) is 5.92 Å². The van der Waals surface area contributed by atoms with Gasteiger partial charge < -0.3 is 29.2 Å². The maximum Gasteiger partial charge on any atom is 0.494 e. The van der Waals surface area contributed by atoms with Gasteiger partial charge in [-0.15, -0.1) is 0 Å².